The van der Waals surface area contributed by atoms with Crippen LogP contribution in [0.2, 0.25) is 0 Å². The first-order valence-corrected chi connectivity index (χ1v) is 16.2. The maximum Gasteiger partial charge on any atom is 0.249 e. The Balaban J connectivity index is 0.00000576. The molecule has 1 heterocycles. The molecule has 0 spiro atoms. The van der Waals surface area contributed by atoms with Crippen LogP contribution in [0.1, 0.15) is 84.7 Å². The predicted molar refractivity (Wildman–Crippen MR) is 177 cm³/mol. The molecule has 3 fully saturated rings. The van der Waals surface area contributed by atoms with Gasteiger partial charge in [0.2, 0.25) is 23.5 Å². The number of carbonyl (C=O) groups excluding carboxylic acids is 6. The van der Waals surface area contributed by atoms with Crippen LogP contribution in [0.5, 0.6) is 0 Å². The highest BCUT2D eigenvalue weighted by Crippen LogP contribution is 2.65. The van der Waals surface area contributed by atoms with Gasteiger partial charge in [0.05, 0.1) is 12.1 Å². The first-order chi connectivity index (χ1) is 20.9. The van der Waals surface area contributed by atoms with Gasteiger partial charge in [-0.25, -0.2) is 0 Å². The monoisotopic (exact) mass is 658 g/mol. The molecule has 3 aliphatic rings. The number of ketones is 3. The van der Waals surface area contributed by atoms with Crippen molar-refractivity contribution in [1.29, 1.82) is 0 Å². The summed E-state index contributed by atoms with van der Waals surface area (Å²) in [5, 5.41) is 2.71. The number of likely N-dealkylation sites (tertiary alicyclic amines) is 1. The summed E-state index contributed by atoms with van der Waals surface area (Å²) in [7, 11) is 3.19. The summed E-state index contributed by atoms with van der Waals surface area (Å²) in [6.45, 7) is 10.3. The number of hydrogen-bond donors (Lipinski definition) is 2. The molecule has 0 aromatic heterocycles. The first kappa shape index (κ1) is 37.3. The average Bonchev–Trinajstić information content (AvgIpc) is 3.84. The molecule has 3 N–H and O–H groups in total. The number of likely N-dealkylation sites (N-methyl/N-ethyl adjacent to an activating group) is 1. The molecule has 3 amide bonds. The number of nitrogens with two attached hydrogens (primary N) is 1. The van der Waals surface area contributed by atoms with Crippen LogP contribution in [0.3, 0.4) is 0 Å². The van der Waals surface area contributed by atoms with Crippen molar-refractivity contribution in [2.45, 2.75) is 91.3 Å². The molecule has 0 bridgehead atoms. The lowest BCUT2D eigenvalue weighted by atomic mass is 9.84. The number of piperidine rings is 1. The van der Waals surface area contributed by atoms with E-state index in [0.717, 1.165) is 12.8 Å². The van der Waals surface area contributed by atoms with E-state index in [0.29, 0.717) is 18.5 Å². The molecule has 6 atom stereocenters. The Labute approximate surface area is 279 Å². The van der Waals surface area contributed by atoms with Crippen LogP contribution in [-0.2, 0) is 28.8 Å². The lowest BCUT2D eigenvalue weighted by molar-refractivity contribution is -0.144. The van der Waals surface area contributed by atoms with E-state index in [1.54, 1.807) is 43.3 Å². The van der Waals surface area contributed by atoms with E-state index in [4.69, 9.17) is 5.73 Å². The third-order valence-corrected chi connectivity index (χ3v) is 10.1. The first-order valence-electron chi connectivity index (χ1n) is 16.2. The van der Waals surface area contributed by atoms with Crippen molar-refractivity contribution in [3.8, 4) is 0 Å². The van der Waals surface area contributed by atoms with Crippen molar-refractivity contribution in [3.63, 3.8) is 0 Å². The number of benzene rings is 1. The number of nitrogens with zero attached hydrogens (tertiary/aromatic N) is 2. The fourth-order valence-electron chi connectivity index (χ4n) is 6.84. The summed E-state index contributed by atoms with van der Waals surface area (Å²) >= 11 is 0. The topological polar surface area (TPSA) is 147 Å². The van der Waals surface area contributed by atoms with Crippen LogP contribution < -0.4 is 11.1 Å². The highest BCUT2D eigenvalue weighted by Gasteiger charge is 2.69. The van der Waals surface area contributed by atoms with Gasteiger partial charge in [-0.3, -0.25) is 28.8 Å². The smallest absolute Gasteiger partial charge is 0.249 e. The van der Waals surface area contributed by atoms with Crippen LogP contribution in [0, 0.1) is 34.5 Å². The second kappa shape index (κ2) is 14.3. The van der Waals surface area contributed by atoms with Gasteiger partial charge in [0.15, 0.2) is 11.6 Å². The second-order valence-electron chi connectivity index (χ2n) is 15.2. The molecule has 11 heteroatoms. The minimum atomic E-state index is -0.918. The SMILES string of the molecule is CN(C)C(=O)[C@@H](NC(=O)CCC(=O)C(=O)C(CC(=O)C1[C@@H]2C(CN1C(=O)[C@@H](N)C(C)(C)C)C2(C)C)CC1CC1)c1ccccc1.Cl. The number of Topliss-reactive ketones (excluding diaryl/α,β-unsaturated/α-hetero) is 3. The van der Waals surface area contributed by atoms with Crippen molar-refractivity contribution in [2.24, 2.45) is 40.2 Å². The zero-order valence-corrected chi connectivity index (χ0v) is 29.0. The Kier molecular flexibility index (Phi) is 11.6. The highest BCUT2D eigenvalue weighted by atomic mass is 35.5. The zero-order chi connectivity index (χ0) is 33.4. The molecule has 10 nitrogen and oxygen atoms in total. The lowest BCUT2D eigenvalue weighted by Crippen LogP contribution is -2.55. The van der Waals surface area contributed by atoms with Crippen molar-refractivity contribution in [1.82, 2.24) is 15.1 Å². The summed E-state index contributed by atoms with van der Waals surface area (Å²) in [5.41, 5.74) is 6.37. The van der Waals surface area contributed by atoms with E-state index in [-0.39, 0.29) is 72.4 Å². The third kappa shape index (κ3) is 8.23. The van der Waals surface area contributed by atoms with Gasteiger partial charge in [0.1, 0.15) is 6.04 Å². The molecular weight excluding hydrogens is 608 g/mol. The Hall–Kier alpha value is -3.11. The maximum absolute atomic E-state index is 13.9. The second-order valence-corrected chi connectivity index (χ2v) is 15.2. The van der Waals surface area contributed by atoms with Gasteiger partial charge in [-0.15, -0.1) is 12.4 Å². The quantitative estimate of drug-likeness (QED) is 0.291. The van der Waals surface area contributed by atoms with E-state index in [9.17, 15) is 28.8 Å². The van der Waals surface area contributed by atoms with Crippen LogP contribution >= 0.6 is 12.4 Å². The van der Waals surface area contributed by atoms with Gasteiger partial charge in [-0.2, -0.15) is 0 Å². The number of fused-ring (bicyclic) bond motifs is 1. The Morgan fingerprint density at radius 1 is 1.02 bits per heavy atom. The molecular formula is C35H51ClN4O6. The Morgan fingerprint density at radius 2 is 1.63 bits per heavy atom. The van der Waals surface area contributed by atoms with Gasteiger partial charge in [0.25, 0.3) is 0 Å². The molecule has 1 aromatic rings. The molecule has 1 aliphatic heterocycles. The van der Waals surface area contributed by atoms with Crippen LogP contribution in [-0.4, -0.2) is 77.6 Å². The number of hydrogen-bond acceptors (Lipinski definition) is 7. The summed E-state index contributed by atoms with van der Waals surface area (Å²) in [4.78, 5) is 82.7. The minimum Gasteiger partial charge on any atom is -0.347 e. The van der Waals surface area contributed by atoms with Gasteiger partial charge in [-0.1, -0.05) is 77.8 Å². The summed E-state index contributed by atoms with van der Waals surface area (Å²) in [5.74, 6) is -2.93. The van der Waals surface area contributed by atoms with Gasteiger partial charge < -0.3 is 20.9 Å². The van der Waals surface area contributed by atoms with Crippen molar-refractivity contribution in [2.75, 3.05) is 20.6 Å². The van der Waals surface area contributed by atoms with E-state index >= 15 is 0 Å². The molecule has 0 radical (unpaired) electrons. The fourth-order valence-corrected chi connectivity index (χ4v) is 6.84. The molecule has 2 aliphatic carbocycles. The molecule has 46 heavy (non-hydrogen) atoms. The van der Waals surface area contributed by atoms with E-state index in [1.165, 1.54) is 4.90 Å². The summed E-state index contributed by atoms with van der Waals surface area (Å²) < 4.78 is 0. The molecule has 1 aromatic carbocycles. The number of halogens is 1. The largest absolute Gasteiger partial charge is 0.347 e. The molecule has 1 saturated heterocycles. The number of amides is 3. The van der Waals surface area contributed by atoms with Crippen LogP contribution in [0.15, 0.2) is 30.3 Å². The van der Waals surface area contributed by atoms with Crippen LogP contribution in [0.4, 0.5) is 0 Å². The highest BCUT2D eigenvalue weighted by molar-refractivity contribution is 6.38. The van der Waals surface area contributed by atoms with Crippen molar-refractivity contribution < 1.29 is 28.8 Å². The molecule has 2 saturated carbocycles. The van der Waals surface area contributed by atoms with Gasteiger partial charge in [0, 0.05) is 45.8 Å². The standard InChI is InChI=1S/C35H50N4O6.ClH/c1-34(2,3)31(36)33(45)39-19-23-27(35(23,4)5)29(39)25(41)18-22(17-20-13-14-20)30(43)24(40)15-16-26(42)37-28(32(44)38(6)7)21-11-9-8-10-12-21;/h8-12,20,22-23,27-29,31H,13-19,36H2,1-7H3,(H,37,42);1H/t22?,23?,27-,28-,29?,31+;/m0./s1. The van der Waals surface area contributed by atoms with E-state index in [2.05, 4.69) is 19.2 Å². The summed E-state index contributed by atoms with van der Waals surface area (Å²) in [6, 6.07) is 6.48. The third-order valence-electron chi connectivity index (χ3n) is 10.1. The van der Waals surface area contributed by atoms with E-state index < -0.39 is 46.9 Å². The number of rotatable bonds is 14. The number of nitrogens with one attached hydrogen (secondary N) is 1. The van der Waals surface area contributed by atoms with E-state index in [1.807, 2.05) is 26.8 Å². The Bertz CT molecular complexity index is 1340. The normalized spacial score (nSPS) is 23.2. The Morgan fingerprint density at radius 3 is 2.17 bits per heavy atom. The van der Waals surface area contributed by atoms with Crippen LogP contribution in [0.25, 0.3) is 0 Å². The number of carbonyl (C=O) groups is 6. The minimum absolute atomic E-state index is 0. The van der Waals surface area contributed by atoms with Crippen molar-refractivity contribution >= 4 is 47.5 Å². The van der Waals surface area contributed by atoms with Gasteiger partial charge >= 0.3 is 0 Å². The van der Waals surface area contributed by atoms with Gasteiger partial charge in [-0.05, 0) is 40.6 Å². The predicted octanol–water partition coefficient (Wildman–Crippen LogP) is 3.50. The zero-order valence-electron chi connectivity index (χ0n) is 28.2. The molecule has 4 rings (SSSR count). The molecule has 3 unspecified atom stereocenters. The van der Waals surface area contributed by atoms with Crippen molar-refractivity contribution in [3.05, 3.63) is 35.9 Å². The summed E-state index contributed by atoms with van der Waals surface area (Å²) in [6.07, 6.45) is 1.65. The lowest BCUT2D eigenvalue weighted by Gasteiger charge is -2.36. The fraction of sp³-hybridized carbons (Fsp3) is 0.657. The molecule has 254 valence electrons. The average molecular weight is 659 g/mol. The maximum atomic E-state index is 13.9.